The van der Waals surface area contributed by atoms with Crippen LogP contribution < -0.4 is 5.32 Å². The molecular formula is C9H8Cl4N2O3. The van der Waals surface area contributed by atoms with E-state index < -0.39 is 21.8 Å². The highest BCUT2D eigenvalue weighted by atomic mass is 35.6. The summed E-state index contributed by atoms with van der Waals surface area (Å²) >= 11 is 22.6. The second-order valence-electron chi connectivity index (χ2n) is 3.23. The van der Waals surface area contributed by atoms with Gasteiger partial charge in [-0.15, -0.1) is 0 Å². The predicted octanol–water partition coefficient (Wildman–Crippen LogP) is 2.71. The Morgan fingerprint density at radius 1 is 1.44 bits per heavy atom. The van der Waals surface area contributed by atoms with Crippen molar-refractivity contribution in [1.82, 2.24) is 9.74 Å². The second kappa shape index (κ2) is 6.02. The number of rotatable bonds is 3. The molecule has 0 aliphatic heterocycles. The average Bonchev–Trinajstić information content (AvgIpc) is 2.76. The second-order valence-corrected chi connectivity index (χ2v) is 5.96. The van der Waals surface area contributed by atoms with Gasteiger partial charge in [0.15, 0.2) is 11.9 Å². The molecule has 0 saturated heterocycles. The zero-order valence-electron chi connectivity index (χ0n) is 8.99. The molecule has 18 heavy (non-hydrogen) atoms. The smallest absolute Gasteiger partial charge is 0.288 e. The number of nitrogens with one attached hydrogen (secondary N) is 1. The fourth-order valence-electron chi connectivity index (χ4n) is 1.05. The van der Waals surface area contributed by atoms with Gasteiger partial charge in [-0.25, -0.2) is 4.42 Å². The number of carbonyl (C=O) groups is 2. The highest BCUT2D eigenvalue weighted by molar-refractivity contribution is 6.68. The quantitative estimate of drug-likeness (QED) is 0.525. The fourth-order valence-corrected chi connectivity index (χ4v) is 1.85. The SMILES string of the molecule is CC(=O)N(Cl)C(NC(=O)c1ccco1)C(Cl)(Cl)Cl. The Hall–Kier alpha value is -0.620. The summed E-state index contributed by atoms with van der Waals surface area (Å²) < 4.78 is 3.46. The van der Waals surface area contributed by atoms with Crippen LogP contribution in [-0.4, -0.2) is 26.2 Å². The summed E-state index contributed by atoms with van der Waals surface area (Å²) in [5.41, 5.74) is 0. The van der Waals surface area contributed by atoms with Crippen molar-refractivity contribution in [3.05, 3.63) is 24.2 Å². The molecule has 2 amide bonds. The number of hydrogen-bond acceptors (Lipinski definition) is 3. The van der Waals surface area contributed by atoms with Crippen LogP contribution >= 0.6 is 46.6 Å². The van der Waals surface area contributed by atoms with Crippen LogP contribution in [0.5, 0.6) is 0 Å². The fraction of sp³-hybridized carbons (Fsp3) is 0.333. The normalized spacial score (nSPS) is 12.9. The number of furan rings is 1. The molecule has 0 aromatic carbocycles. The van der Waals surface area contributed by atoms with E-state index in [1.54, 1.807) is 0 Å². The van der Waals surface area contributed by atoms with E-state index in [0.29, 0.717) is 4.42 Å². The van der Waals surface area contributed by atoms with Crippen molar-refractivity contribution < 1.29 is 14.0 Å². The lowest BCUT2D eigenvalue weighted by Crippen LogP contribution is -2.53. The van der Waals surface area contributed by atoms with Crippen molar-refractivity contribution in [3.8, 4) is 0 Å². The monoisotopic (exact) mass is 332 g/mol. The third kappa shape index (κ3) is 3.95. The molecule has 1 atom stereocenters. The Labute approximate surface area is 123 Å². The molecule has 0 aliphatic rings. The van der Waals surface area contributed by atoms with Crippen molar-refractivity contribution in [1.29, 1.82) is 0 Å². The van der Waals surface area contributed by atoms with E-state index >= 15 is 0 Å². The Morgan fingerprint density at radius 2 is 2.06 bits per heavy atom. The molecule has 1 aromatic rings. The van der Waals surface area contributed by atoms with Gasteiger partial charge >= 0.3 is 0 Å². The zero-order chi connectivity index (χ0) is 13.9. The summed E-state index contributed by atoms with van der Waals surface area (Å²) in [4.78, 5) is 22.9. The van der Waals surface area contributed by atoms with Gasteiger partial charge < -0.3 is 9.73 Å². The first-order valence-corrected chi connectivity index (χ1v) is 6.07. The molecule has 0 aliphatic carbocycles. The Balaban J connectivity index is 2.86. The summed E-state index contributed by atoms with van der Waals surface area (Å²) in [7, 11) is 0. The van der Waals surface area contributed by atoms with Crippen molar-refractivity contribution in [2.24, 2.45) is 0 Å². The summed E-state index contributed by atoms with van der Waals surface area (Å²) in [6.45, 7) is 1.16. The molecule has 0 fully saturated rings. The molecule has 1 heterocycles. The highest BCUT2D eigenvalue weighted by Crippen LogP contribution is 2.33. The van der Waals surface area contributed by atoms with Crippen molar-refractivity contribution in [3.63, 3.8) is 0 Å². The first-order chi connectivity index (χ1) is 8.23. The predicted molar refractivity (Wildman–Crippen MR) is 68.6 cm³/mol. The van der Waals surface area contributed by atoms with E-state index in [4.69, 9.17) is 51.0 Å². The van der Waals surface area contributed by atoms with Gasteiger partial charge in [0, 0.05) is 18.7 Å². The first kappa shape index (κ1) is 15.4. The van der Waals surface area contributed by atoms with Gasteiger partial charge in [-0.1, -0.05) is 34.8 Å². The number of amides is 2. The number of alkyl halides is 3. The molecule has 0 bridgehead atoms. The van der Waals surface area contributed by atoms with Crippen LogP contribution in [0, 0.1) is 0 Å². The highest BCUT2D eigenvalue weighted by Gasteiger charge is 2.40. The Morgan fingerprint density at radius 3 is 2.44 bits per heavy atom. The topological polar surface area (TPSA) is 62.6 Å². The average molecular weight is 334 g/mol. The van der Waals surface area contributed by atoms with Crippen molar-refractivity contribution >= 4 is 58.4 Å². The van der Waals surface area contributed by atoms with Crippen LogP contribution in [0.2, 0.25) is 0 Å². The maximum atomic E-state index is 11.7. The third-order valence-corrected chi connectivity index (χ3v) is 2.90. The van der Waals surface area contributed by atoms with Crippen LogP contribution in [0.15, 0.2) is 22.8 Å². The van der Waals surface area contributed by atoms with Crippen LogP contribution in [0.1, 0.15) is 17.5 Å². The summed E-state index contributed by atoms with van der Waals surface area (Å²) in [6, 6.07) is 2.93. The lowest BCUT2D eigenvalue weighted by Gasteiger charge is -2.30. The van der Waals surface area contributed by atoms with E-state index in [0.717, 1.165) is 6.92 Å². The van der Waals surface area contributed by atoms with Crippen LogP contribution in [0.25, 0.3) is 0 Å². The Bertz CT molecular complexity index is 430. The van der Waals surface area contributed by atoms with Gasteiger partial charge in [0.2, 0.25) is 9.70 Å². The zero-order valence-corrected chi connectivity index (χ0v) is 12.0. The largest absolute Gasteiger partial charge is 0.459 e. The van der Waals surface area contributed by atoms with Crippen LogP contribution in [-0.2, 0) is 4.79 Å². The maximum Gasteiger partial charge on any atom is 0.288 e. The summed E-state index contributed by atoms with van der Waals surface area (Å²) in [6.07, 6.45) is -0.0258. The molecule has 1 unspecified atom stereocenters. The molecule has 9 heteroatoms. The number of hydrogen-bond donors (Lipinski definition) is 1. The van der Waals surface area contributed by atoms with Gasteiger partial charge in [0.1, 0.15) is 0 Å². The first-order valence-electron chi connectivity index (χ1n) is 4.60. The van der Waals surface area contributed by atoms with E-state index in [-0.39, 0.29) is 5.76 Å². The van der Waals surface area contributed by atoms with Crippen molar-refractivity contribution in [2.45, 2.75) is 16.9 Å². The molecule has 0 spiro atoms. The van der Waals surface area contributed by atoms with Crippen LogP contribution in [0.4, 0.5) is 0 Å². The molecule has 0 radical (unpaired) electrons. The van der Waals surface area contributed by atoms with Crippen molar-refractivity contribution in [2.75, 3.05) is 0 Å². The number of halogens is 4. The summed E-state index contributed by atoms with van der Waals surface area (Å²) in [5, 5.41) is 2.29. The van der Waals surface area contributed by atoms with Gasteiger partial charge in [-0.2, -0.15) is 0 Å². The molecule has 1 N–H and O–H groups in total. The number of carbonyl (C=O) groups excluding carboxylic acids is 2. The molecule has 5 nitrogen and oxygen atoms in total. The minimum atomic E-state index is -1.99. The Kier molecular flexibility index (Phi) is 5.16. The van der Waals surface area contributed by atoms with Gasteiger partial charge in [0.25, 0.3) is 5.91 Å². The van der Waals surface area contributed by atoms with Gasteiger partial charge in [-0.3, -0.25) is 9.59 Å². The minimum absolute atomic E-state index is 0.00266. The van der Waals surface area contributed by atoms with Gasteiger partial charge in [-0.05, 0) is 12.1 Å². The van der Waals surface area contributed by atoms with E-state index in [2.05, 4.69) is 5.32 Å². The van der Waals surface area contributed by atoms with Gasteiger partial charge in [0.05, 0.1) is 6.26 Å². The molecule has 100 valence electrons. The van der Waals surface area contributed by atoms with E-state index in [1.165, 1.54) is 18.4 Å². The van der Waals surface area contributed by atoms with E-state index in [1.807, 2.05) is 0 Å². The number of nitrogens with zero attached hydrogens (tertiary/aromatic N) is 1. The molecular weight excluding hydrogens is 326 g/mol. The lowest BCUT2D eigenvalue weighted by atomic mass is 10.4. The third-order valence-electron chi connectivity index (χ3n) is 1.85. The maximum absolute atomic E-state index is 11.7. The minimum Gasteiger partial charge on any atom is -0.459 e. The molecule has 1 rings (SSSR count). The summed E-state index contributed by atoms with van der Waals surface area (Å²) in [5.74, 6) is -1.25. The standard InChI is InChI=1S/C9H8Cl4N2O3/c1-5(16)15(13)8(9(10,11)12)14-7(17)6-3-2-4-18-6/h2-4,8H,1H3,(H,14,17). The lowest BCUT2D eigenvalue weighted by molar-refractivity contribution is -0.126. The van der Waals surface area contributed by atoms with Crippen LogP contribution in [0.3, 0.4) is 0 Å². The van der Waals surface area contributed by atoms with E-state index in [9.17, 15) is 9.59 Å². The molecule has 1 aromatic heterocycles. The molecule has 0 saturated carbocycles.